The maximum absolute atomic E-state index is 11.5. The molecule has 0 heterocycles. The number of carboxylic acids is 1. The molecule has 0 aliphatic rings. The first-order valence-corrected chi connectivity index (χ1v) is 5.24. The molecule has 0 aliphatic carbocycles. The van der Waals surface area contributed by atoms with E-state index in [4.69, 9.17) is 10.2 Å². The Hall–Kier alpha value is -1.40. The van der Waals surface area contributed by atoms with E-state index < -0.39 is 24.5 Å². The number of benzene rings is 1. The normalized spacial score (nSPS) is 11.9. The molecule has 0 aromatic heterocycles. The molecule has 0 unspecified atom stereocenters. The van der Waals surface area contributed by atoms with Gasteiger partial charge in [-0.15, -0.1) is 0 Å². The molecule has 1 amide bonds. The van der Waals surface area contributed by atoms with Gasteiger partial charge in [0.05, 0.1) is 6.61 Å². The fourth-order valence-electron chi connectivity index (χ4n) is 1.03. The lowest BCUT2D eigenvalue weighted by atomic mass is 10.2. The zero-order valence-corrected chi connectivity index (χ0v) is 9.77. The van der Waals surface area contributed by atoms with Gasteiger partial charge in [0.1, 0.15) is 0 Å². The lowest BCUT2D eigenvalue weighted by molar-refractivity contribution is -0.140. The average molecular weight is 288 g/mol. The number of aliphatic hydroxyl groups is 1. The SMILES string of the molecule is O=C(N[C@H](CO)C(=O)O)c1ccc(Br)cc1. The van der Waals surface area contributed by atoms with Crippen LogP contribution in [0.4, 0.5) is 0 Å². The second-order valence-corrected chi connectivity index (χ2v) is 3.97. The fraction of sp³-hybridized carbons (Fsp3) is 0.200. The molecule has 16 heavy (non-hydrogen) atoms. The highest BCUT2D eigenvalue weighted by Crippen LogP contribution is 2.10. The highest BCUT2D eigenvalue weighted by molar-refractivity contribution is 9.10. The summed E-state index contributed by atoms with van der Waals surface area (Å²) in [6, 6.07) is 5.16. The van der Waals surface area contributed by atoms with Gasteiger partial charge in [0, 0.05) is 10.0 Å². The Morgan fingerprint density at radius 1 is 1.31 bits per heavy atom. The van der Waals surface area contributed by atoms with Gasteiger partial charge in [0.2, 0.25) is 0 Å². The smallest absolute Gasteiger partial charge is 0.328 e. The van der Waals surface area contributed by atoms with Crippen molar-refractivity contribution >= 4 is 27.8 Å². The van der Waals surface area contributed by atoms with Crippen molar-refractivity contribution in [1.29, 1.82) is 0 Å². The molecule has 0 aliphatic heterocycles. The zero-order chi connectivity index (χ0) is 12.1. The van der Waals surface area contributed by atoms with Gasteiger partial charge in [-0.1, -0.05) is 15.9 Å². The van der Waals surface area contributed by atoms with Gasteiger partial charge < -0.3 is 15.5 Å². The average Bonchev–Trinajstić information content (AvgIpc) is 2.26. The van der Waals surface area contributed by atoms with Crippen LogP contribution >= 0.6 is 15.9 Å². The van der Waals surface area contributed by atoms with Crippen LogP contribution in [0.3, 0.4) is 0 Å². The van der Waals surface area contributed by atoms with E-state index in [0.717, 1.165) is 4.47 Å². The van der Waals surface area contributed by atoms with E-state index in [1.807, 2.05) is 0 Å². The number of aliphatic carboxylic acids is 1. The second kappa shape index (κ2) is 5.62. The number of carboxylic acid groups (broad SMARTS) is 1. The van der Waals surface area contributed by atoms with Crippen molar-refractivity contribution < 1.29 is 19.8 Å². The van der Waals surface area contributed by atoms with Crippen molar-refractivity contribution in [2.45, 2.75) is 6.04 Å². The third-order valence-electron chi connectivity index (χ3n) is 1.89. The van der Waals surface area contributed by atoms with Gasteiger partial charge in [-0.05, 0) is 24.3 Å². The number of rotatable bonds is 4. The van der Waals surface area contributed by atoms with E-state index in [9.17, 15) is 9.59 Å². The van der Waals surface area contributed by atoms with Crippen molar-refractivity contribution in [3.63, 3.8) is 0 Å². The summed E-state index contributed by atoms with van der Waals surface area (Å²) >= 11 is 3.22. The van der Waals surface area contributed by atoms with Crippen LogP contribution in [0, 0.1) is 0 Å². The molecule has 0 spiro atoms. The third-order valence-corrected chi connectivity index (χ3v) is 2.42. The Morgan fingerprint density at radius 2 is 1.88 bits per heavy atom. The molecule has 0 saturated heterocycles. The second-order valence-electron chi connectivity index (χ2n) is 3.05. The number of carbonyl (C=O) groups is 2. The van der Waals surface area contributed by atoms with E-state index in [2.05, 4.69) is 21.2 Å². The van der Waals surface area contributed by atoms with E-state index in [1.54, 1.807) is 24.3 Å². The van der Waals surface area contributed by atoms with Crippen LogP contribution in [0.25, 0.3) is 0 Å². The topological polar surface area (TPSA) is 86.6 Å². The number of hydrogen-bond acceptors (Lipinski definition) is 3. The van der Waals surface area contributed by atoms with Crippen LogP contribution in [0.1, 0.15) is 10.4 Å². The molecular formula is C10H10BrNO4. The van der Waals surface area contributed by atoms with Crippen LogP contribution in [-0.2, 0) is 4.79 Å². The van der Waals surface area contributed by atoms with Gasteiger partial charge in [-0.25, -0.2) is 4.79 Å². The van der Waals surface area contributed by atoms with Crippen LogP contribution in [-0.4, -0.2) is 34.7 Å². The van der Waals surface area contributed by atoms with E-state index in [-0.39, 0.29) is 0 Å². The lowest BCUT2D eigenvalue weighted by Gasteiger charge is -2.11. The first kappa shape index (κ1) is 12.7. The Kier molecular flexibility index (Phi) is 4.45. The fourth-order valence-corrected chi connectivity index (χ4v) is 1.29. The molecule has 3 N–H and O–H groups in total. The summed E-state index contributed by atoms with van der Waals surface area (Å²) < 4.78 is 0.820. The quantitative estimate of drug-likeness (QED) is 0.758. The molecule has 5 nitrogen and oxygen atoms in total. The van der Waals surface area contributed by atoms with Crippen molar-refractivity contribution in [1.82, 2.24) is 5.32 Å². The van der Waals surface area contributed by atoms with Gasteiger partial charge in [-0.2, -0.15) is 0 Å². The summed E-state index contributed by atoms with van der Waals surface area (Å²) in [7, 11) is 0. The Morgan fingerprint density at radius 3 is 2.31 bits per heavy atom. The van der Waals surface area contributed by atoms with Crippen molar-refractivity contribution in [3.8, 4) is 0 Å². The first-order valence-electron chi connectivity index (χ1n) is 4.44. The summed E-state index contributed by atoms with van der Waals surface area (Å²) in [6.45, 7) is -0.641. The predicted octanol–water partition coefficient (Wildman–Crippen LogP) is 0.624. The number of aliphatic hydroxyl groups excluding tert-OH is 1. The molecule has 6 heteroatoms. The molecule has 0 radical (unpaired) electrons. The minimum absolute atomic E-state index is 0.336. The maximum atomic E-state index is 11.5. The summed E-state index contributed by atoms with van der Waals surface area (Å²) in [6.07, 6.45) is 0. The maximum Gasteiger partial charge on any atom is 0.328 e. The Bertz CT molecular complexity index is 390. The molecular weight excluding hydrogens is 278 g/mol. The standard InChI is InChI=1S/C10H10BrNO4/c11-7-3-1-6(2-4-7)9(14)12-8(5-13)10(15)16/h1-4,8,13H,5H2,(H,12,14)(H,15,16)/t8-/m1/s1. The predicted molar refractivity (Wildman–Crippen MR) is 60.1 cm³/mol. The molecule has 1 atom stereocenters. The van der Waals surface area contributed by atoms with Crippen LogP contribution in [0.2, 0.25) is 0 Å². The highest BCUT2D eigenvalue weighted by Gasteiger charge is 2.19. The Balaban J connectivity index is 2.71. The van der Waals surface area contributed by atoms with Crippen LogP contribution in [0.15, 0.2) is 28.7 Å². The van der Waals surface area contributed by atoms with Gasteiger partial charge in [0.15, 0.2) is 6.04 Å². The minimum atomic E-state index is -1.28. The van der Waals surface area contributed by atoms with E-state index >= 15 is 0 Å². The first-order chi connectivity index (χ1) is 7.54. The van der Waals surface area contributed by atoms with Crippen LogP contribution < -0.4 is 5.32 Å². The van der Waals surface area contributed by atoms with Crippen molar-refractivity contribution in [2.75, 3.05) is 6.61 Å². The van der Waals surface area contributed by atoms with Gasteiger partial charge in [-0.3, -0.25) is 4.79 Å². The molecule has 1 rings (SSSR count). The zero-order valence-electron chi connectivity index (χ0n) is 8.18. The summed E-state index contributed by atoms with van der Waals surface area (Å²) in [5, 5.41) is 19.6. The monoisotopic (exact) mass is 287 g/mol. The summed E-state index contributed by atoms with van der Waals surface area (Å²) in [4.78, 5) is 22.1. The molecule has 1 aromatic carbocycles. The number of hydrogen-bond donors (Lipinski definition) is 3. The number of carbonyl (C=O) groups excluding carboxylic acids is 1. The van der Waals surface area contributed by atoms with Crippen molar-refractivity contribution in [2.24, 2.45) is 0 Å². The number of nitrogens with one attached hydrogen (secondary N) is 1. The molecule has 1 aromatic rings. The van der Waals surface area contributed by atoms with Gasteiger partial charge in [0.25, 0.3) is 5.91 Å². The van der Waals surface area contributed by atoms with Gasteiger partial charge >= 0.3 is 5.97 Å². The minimum Gasteiger partial charge on any atom is -0.480 e. The molecule has 86 valence electrons. The largest absolute Gasteiger partial charge is 0.480 e. The third kappa shape index (κ3) is 3.32. The highest BCUT2D eigenvalue weighted by atomic mass is 79.9. The summed E-state index contributed by atoms with van der Waals surface area (Å²) in [5.41, 5.74) is 0.336. The summed E-state index contributed by atoms with van der Waals surface area (Å²) in [5.74, 6) is -1.80. The lowest BCUT2D eigenvalue weighted by Crippen LogP contribution is -2.43. The molecule has 0 bridgehead atoms. The molecule has 0 fully saturated rings. The van der Waals surface area contributed by atoms with E-state index in [0.29, 0.717) is 5.56 Å². The van der Waals surface area contributed by atoms with Crippen LogP contribution in [0.5, 0.6) is 0 Å². The Labute approximate surface area is 100 Å². The molecule has 0 saturated carbocycles. The van der Waals surface area contributed by atoms with Crippen molar-refractivity contribution in [3.05, 3.63) is 34.3 Å². The number of halogens is 1. The van der Waals surface area contributed by atoms with E-state index in [1.165, 1.54) is 0 Å². The number of amides is 1.